The predicted octanol–water partition coefficient (Wildman–Crippen LogP) is 2.53. The van der Waals surface area contributed by atoms with Crippen LogP contribution in [0, 0.1) is 0 Å². The van der Waals surface area contributed by atoms with Gasteiger partial charge in [-0.1, -0.05) is 0 Å². The van der Waals surface area contributed by atoms with Crippen molar-refractivity contribution in [2.24, 2.45) is 11.3 Å². The fourth-order valence-corrected chi connectivity index (χ4v) is 3.61. The summed E-state index contributed by atoms with van der Waals surface area (Å²) in [5.74, 6) is 0. The van der Waals surface area contributed by atoms with Gasteiger partial charge in [0.05, 0.1) is 31.3 Å². The Morgan fingerprint density at radius 2 is 2.25 bits per heavy atom. The maximum absolute atomic E-state index is 5.56. The van der Waals surface area contributed by atoms with Gasteiger partial charge in [0.1, 0.15) is 12.1 Å². The summed E-state index contributed by atoms with van der Waals surface area (Å²) in [6.45, 7) is 0. The van der Waals surface area contributed by atoms with Crippen LogP contribution in [0.25, 0.3) is 0 Å². The molecule has 1 atom stereocenters. The molecule has 46 valence electrons. The molecule has 0 aromatic heterocycles. The van der Waals surface area contributed by atoms with Gasteiger partial charge in [0.25, 0.3) is 0 Å². The highest BCUT2D eigenvalue weighted by atomic mass is 35.7. The van der Waals surface area contributed by atoms with E-state index < -0.39 is 8.94 Å². The van der Waals surface area contributed by atoms with Gasteiger partial charge in [-0.15, -0.1) is 11.3 Å². The third-order valence-electron chi connectivity index (χ3n) is 0.284. The third-order valence-corrected chi connectivity index (χ3v) is 4.66. The Hall–Kier alpha value is 0.960. The molecule has 8 heavy (non-hydrogen) atoms. The lowest BCUT2D eigenvalue weighted by molar-refractivity contribution is 1.96. The molecule has 0 spiro atoms. The lowest BCUT2D eigenvalue weighted by Crippen LogP contribution is -1.54. The average molecular weight is 206 g/mol. The molecule has 0 saturated carbocycles. The van der Waals surface area contributed by atoms with E-state index in [1.165, 1.54) is 11.0 Å². The fraction of sp³-hybridized carbons (Fsp3) is 0. The van der Waals surface area contributed by atoms with E-state index in [0.29, 0.717) is 0 Å². The quantitative estimate of drug-likeness (QED) is 0.450. The Bertz CT molecular complexity index is 166. The van der Waals surface area contributed by atoms with Crippen LogP contribution in [0.3, 0.4) is 0 Å². The summed E-state index contributed by atoms with van der Waals surface area (Å²) in [6.07, 6.45) is 0. The Balaban J connectivity index is 2.66. The van der Waals surface area contributed by atoms with Gasteiger partial charge in [-0.05, 0) is 10.7 Å². The lowest BCUT2D eigenvalue weighted by Gasteiger charge is -1.80. The molecule has 0 radical (unpaired) electrons. The van der Waals surface area contributed by atoms with Gasteiger partial charge in [-0.3, -0.25) is 0 Å². The molecule has 1 heterocycles. The van der Waals surface area contributed by atoms with E-state index in [2.05, 4.69) is 11.3 Å². The standard InChI is InChI=1S/ClN3S4/c1-8-4-6-2-5-3-7-8. The topological polar surface area (TPSA) is 37.1 Å². The second-order valence-corrected chi connectivity index (χ2v) is 6.17. The van der Waals surface area contributed by atoms with Gasteiger partial charge < -0.3 is 0 Å². The first-order chi connectivity index (χ1) is 3.89. The molecule has 0 fully saturated rings. The first-order valence-electron chi connectivity index (χ1n) is 1.42. The van der Waals surface area contributed by atoms with Crippen molar-refractivity contribution in [2.75, 3.05) is 0 Å². The van der Waals surface area contributed by atoms with Gasteiger partial charge in [0.2, 0.25) is 0 Å². The van der Waals surface area contributed by atoms with E-state index >= 15 is 0 Å². The van der Waals surface area contributed by atoms with E-state index in [9.17, 15) is 0 Å². The Kier molecular flexibility index (Phi) is 3.44. The van der Waals surface area contributed by atoms with Crippen LogP contribution >= 0.6 is 33.8 Å². The van der Waals surface area contributed by atoms with Gasteiger partial charge in [0.15, 0.2) is 0 Å². The number of rotatable bonds is 0. The summed E-state index contributed by atoms with van der Waals surface area (Å²) in [5.41, 5.74) is 0. The first-order valence-corrected chi connectivity index (χ1v) is 6.18. The Labute approximate surface area is 65.3 Å². The van der Waals surface area contributed by atoms with Gasteiger partial charge >= 0.3 is 0 Å². The predicted molar refractivity (Wildman–Crippen MR) is 43.0 cm³/mol. The van der Waals surface area contributed by atoms with E-state index in [-0.39, 0.29) is 0 Å². The molecular weight excluding hydrogens is 206 g/mol. The Morgan fingerprint density at radius 3 is 3.12 bits per heavy atom. The molecule has 8 heteroatoms. The van der Waals surface area contributed by atoms with Gasteiger partial charge in [0, 0.05) is 0 Å². The first kappa shape index (κ1) is 7.07. The third kappa shape index (κ3) is 2.49. The van der Waals surface area contributed by atoms with Crippen molar-refractivity contribution in [3.05, 3.63) is 0 Å². The Morgan fingerprint density at radius 1 is 1.38 bits per heavy atom. The highest BCUT2D eigenvalue weighted by Crippen LogP contribution is 2.22. The number of halogens is 1. The van der Waals surface area contributed by atoms with E-state index in [0.717, 1.165) is 23.5 Å². The molecule has 1 aliphatic rings. The minimum absolute atomic E-state index is 0.512. The van der Waals surface area contributed by atoms with Crippen LogP contribution < -0.4 is 0 Å². The lowest BCUT2D eigenvalue weighted by atomic mass is 13.9. The van der Waals surface area contributed by atoms with Crippen LogP contribution in [-0.2, 0) is 20.3 Å². The van der Waals surface area contributed by atoms with Crippen molar-refractivity contribution in [3.8, 4) is 0 Å². The van der Waals surface area contributed by atoms with E-state index in [1.54, 1.807) is 0 Å². The summed E-state index contributed by atoms with van der Waals surface area (Å²) in [4.78, 5) is 0. The normalized spacial score (nSPS) is 27.9. The van der Waals surface area contributed by atoms with Crippen molar-refractivity contribution < 1.29 is 0 Å². The molecule has 0 aliphatic carbocycles. The van der Waals surface area contributed by atoms with Crippen LogP contribution in [0.1, 0.15) is 0 Å². The van der Waals surface area contributed by atoms with Crippen LogP contribution in [-0.4, -0.2) is 0 Å². The van der Waals surface area contributed by atoms with Crippen molar-refractivity contribution in [1.82, 2.24) is 0 Å². The van der Waals surface area contributed by atoms with Crippen LogP contribution in [0.4, 0.5) is 0 Å². The number of hydrogen-bond acceptors (Lipinski definition) is 5. The average Bonchev–Trinajstić information content (AvgIpc) is 1.94. The summed E-state index contributed by atoms with van der Waals surface area (Å²) < 4.78 is 11.3. The zero-order chi connectivity index (χ0) is 5.82. The summed E-state index contributed by atoms with van der Waals surface area (Å²) in [7, 11) is 6.28. The maximum atomic E-state index is 5.56. The maximum Gasteiger partial charge on any atom is 0.137 e. The minimum Gasteiger partial charge on any atom is -0.142 e. The van der Waals surface area contributed by atoms with E-state index in [4.69, 9.17) is 10.7 Å². The highest BCUT2D eigenvalue weighted by molar-refractivity contribution is 8.78. The molecule has 0 bridgehead atoms. The smallest absolute Gasteiger partial charge is 0.137 e. The molecule has 3 nitrogen and oxygen atoms in total. The molecule has 1 unspecified atom stereocenters. The van der Waals surface area contributed by atoms with Crippen molar-refractivity contribution in [3.63, 3.8) is 0 Å². The summed E-state index contributed by atoms with van der Waals surface area (Å²) in [5, 5.41) is 0. The minimum atomic E-state index is -0.512. The summed E-state index contributed by atoms with van der Waals surface area (Å²) in [6, 6.07) is 0. The molecule has 0 saturated heterocycles. The van der Waals surface area contributed by atoms with E-state index in [1.807, 2.05) is 0 Å². The molecule has 0 amide bonds. The van der Waals surface area contributed by atoms with Crippen molar-refractivity contribution in [2.45, 2.75) is 0 Å². The molecule has 0 aromatic rings. The zero-order valence-corrected chi connectivity index (χ0v) is 7.37. The van der Waals surface area contributed by atoms with Gasteiger partial charge in [-0.2, -0.15) is 0 Å². The van der Waals surface area contributed by atoms with Crippen LogP contribution in [0.15, 0.2) is 11.3 Å². The molecule has 0 aromatic carbocycles. The monoisotopic (exact) mass is 205 g/mol. The van der Waals surface area contributed by atoms with Gasteiger partial charge in [-0.25, -0.2) is 0 Å². The number of hydrogen-bond donors (Lipinski definition) is 0. The molecule has 1 rings (SSSR count). The zero-order valence-electron chi connectivity index (χ0n) is 3.35. The fourth-order valence-electron chi connectivity index (χ4n) is 0.121. The molecular formula is ClN3S4. The second-order valence-electron chi connectivity index (χ2n) is 0.668. The molecule has 1 aliphatic heterocycles. The number of nitrogens with zero attached hydrogens (tertiary/aromatic N) is 3. The van der Waals surface area contributed by atoms with Crippen LogP contribution in [0.2, 0.25) is 0 Å². The summed E-state index contributed by atoms with van der Waals surface area (Å²) >= 11 is 2.23. The molecule has 0 N–H and O–H groups in total. The van der Waals surface area contributed by atoms with Crippen molar-refractivity contribution >= 4 is 54.1 Å². The van der Waals surface area contributed by atoms with Crippen LogP contribution in [0.5, 0.6) is 0 Å². The highest BCUT2D eigenvalue weighted by Gasteiger charge is 1.91. The van der Waals surface area contributed by atoms with Crippen molar-refractivity contribution in [1.29, 1.82) is 0 Å². The SMILES string of the molecule is ClS1=NSN=S=NS1. The largest absolute Gasteiger partial charge is 0.142 e. The second kappa shape index (κ2) is 3.89.